The number of aromatic nitrogens is 2. The van der Waals surface area contributed by atoms with Gasteiger partial charge < -0.3 is 14.5 Å². The Hall–Kier alpha value is -0.650. The number of nitrogens with zero attached hydrogens (tertiary/aromatic N) is 2. The second-order valence-electron chi connectivity index (χ2n) is 5.45. The molecule has 0 radical (unpaired) electrons. The number of nitrogens with one attached hydrogen (secondary N) is 1. The van der Waals surface area contributed by atoms with Crippen molar-refractivity contribution in [2.24, 2.45) is 5.92 Å². The Morgan fingerprint density at radius 3 is 2.84 bits per heavy atom. The molecule has 2 heterocycles. The number of rotatable bonds is 2. The number of aromatic amines is 1. The van der Waals surface area contributed by atoms with E-state index in [2.05, 4.69) is 49.6 Å². The number of hydrogen-bond acceptors (Lipinski definition) is 2. The van der Waals surface area contributed by atoms with Gasteiger partial charge in [-0.05, 0) is 69.3 Å². The molecule has 19 heavy (non-hydrogen) atoms. The van der Waals surface area contributed by atoms with Crippen molar-refractivity contribution in [3.8, 4) is 0 Å². The quantitative estimate of drug-likeness (QED) is 0.841. The summed E-state index contributed by atoms with van der Waals surface area (Å²) < 4.78 is 4.20. The number of halogens is 1. The molecular formula is C14H18BrN3S. The van der Waals surface area contributed by atoms with Crippen LogP contribution in [0.15, 0.2) is 22.7 Å². The zero-order valence-electron chi connectivity index (χ0n) is 11.0. The molecule has 0 saturated carbocycles. The summed E-state index contributed by atoms with van der Waals surface area (Å²) in [4.78, 5) is 5.70. The lowest BCUT2D eigenvalue weighted by molar-refractivity contribution is 0.206. The van der Waals surface area contributed by atoms with Crippen LogP contribution >= 0.6 is 28.1 Å². The normalized spacial score (nSPS) is 18.2. The van der Waals surface area contributed by atoms with Crippen molar-refractivity contribution in [3.05, 3.63) is 27.4 Å². The van der Waals surface area contributed by atoms with Crippen LogP contribution in [0.1, 0.15) is 12.8 Å². The maximum Gasteiger partial charge on any atom is 0.178 e. The summed E-state index contributed by atoms with van der Waals surface area (Å²) in [6, 6.07) is 6.28. The molecule has 0 amide bonds. The number of imidazole rings is 1. The fraction of sp³-hybridized carbons (Fsp3) is 0.500. The van der Waals surface area contributed by atoms with E-state index in [-0.39, 0.29) is 0 Å². The van der Waals surface area contributed by atoms with Gasteiger partial charge >= 0.3 is 0 Å². The molecular weight excluding hydrogens is 322 g/mol. The topological polar surface area (TPSA) is 24.0 Å². The summed E-state index contributed by atoms with van der Waals surface area (Å²) in [5, 5.41) is 0. The maximum atomic E-state index is 5.47. The molecule has 1 aliphatic heterocycles. The van der Waals surface area contributed by atoms with Crippen LogP contribution in [0.25, 0.3) is 11.0 Å². The van der Waals surface area contributed by atoms with E-state index in [0.29, 0.717) is 0 Å². The van der Waals surface area contributed by atoms with Gasteiger partial charge in [-0.3, -0.25) is 0 Å². The Morgan fingerprint density at radius 1 is 1.37 bits per heavy atom. The fourth-order valence-corrected chi connectivity index (χ4v) is 3.44. The van der Waals surface area contributed by atoms with Crippen LogP contribution in [0.4, 0.5) is 0 Å². The second kappa shape index (κ2) is 5.38. The fourth-order valence-electron chi connectivity index (χ4n) is 2.81. The Kier molecular flexibility index (Phi) is 3.78. The summed E-state index contributed by atoms with van der Waals surface area (Å²) in [7, 11) is 2.20. The number of piperidine rings is 1. The van der Waals surface area contributed by atoms with Crippen molar-refractivity contribution in [3.63, 3.8) is 0 Å². The highest BCUT2D eigenvalue weighted by Gasteiger charge is 2.18. The minimum atomic E-state index is 0.737. The standard InChI is InChI=1S/C14H18BrN3S/c1-17-6-4-10(5-7-17)9-18-13-8-11(15)2-3-12(13)16-14(18)19/h2-3,8,10H,4-7,9H2,1H3,(H,16,19). The van der Waals surface area contributed by atoms with Crippen LogP contribution in [-0.4, -0.2) is 34.6 Å². The zero-order valence-corrected chi connectivity index (χ0v) is 13.4. The van der Waals surface area contributed by atoms with Gasteiger partial charge in [-0.25, -0.2) is 0 Å². The maximum absolute atomic E-state index is 5.47. The van der Waals surface area contributed by atoms with Crippen molar-refractivity contribution < 1.29 is 0 Å². The van der Waals surface area contributed by atoms with E-state index in [0.717, 1.165) is 27.2 Å². The van der Waals surface area contributed by atoms with Crippen molar-refractivity contribution in [1.29, 1.82) is 0 Å². The van der Waals surface area contributed by atoms with Gasteiger partial charge in [0.2, 0.25) is 0 Å². The van der Waals surface area contributed by atoms with Gasteiger partial charge in [0.1, 0.15) is 0 Å². The number of likely N-dealkylation sites (tertiary alicyclic amines) is 1. The van der Waals surface area contributed by atoms with Crippen molar-refractivity contribution >= 4 is 39.2 Å². The van der Waals surface area contributed by atoms with Gasteiger partial charge in [0.15, 0.2) is 4.77 Å². The number of hydrogen-bond donors (Lipinski definition) is 1. The van der Waals surface area contributed by atoms with Gasteiger partial charge in [0.05, 0.1) is 11.0 Å². The average Bonchev–Trinajstić information content (AvgIpc) is 2.69. The third kappa shape index (κ3) is 2.78. The zero-order chi connectivity index (χ0) is 13.4. The van der Waals surface area contributed by atoms with E-state index in [1.54, 1.807) is 0 Å². The van der Waals surface area contributed by atoms with Crippen LogP contribution in [0.3, 0.4) is 0 Å². The third-order valence-electron chi connectivity index (χ3n) is 4.02. The van der Waals surface area contributed by atoms with Gasteiger partial charge in [-0.2, -0.15) is 0 Å². The monoisotopic (exact) mass is 339 g/mol. The summed E-state index contributed by atoms with van der Waals surface area (Å²) in [6.45, 7) is 3.43. The van der Waals surface area contributed by atoms with Crippen molar-refractivity contribution in [2.45, 2.75) is 19.4 Å². The lowest BCUT2D eigenvalue weighted by Crippen LogP contribution is -2.31. The predicted molar refractivity (Wildman–Crippen MR) is 85.0 cm³/mol. The molecule has 1 N–H and O–H groups in total. The molecule has 102 valence electrons. The van der Waals surface area contributed by atoms with Gasteiger partial charge in [-0.15, -0.1) is 0 Å². The van der Waals surface area contributed by atoms with Crippen molar-refractivity contribution in [1.82, 2.24) is 14.5 Å². The summed E-state index contributed by atoms with van der Waals surface area (Å²) in [5.41, 5.74) is 2.33. The van der Waals surface area contributed by atoms with E-state index >= 15 is 0 Å². The minimum absolute atomic E-state index is 0.737. The van der Waals surface area contributed by atoms with E-state index in [9.17, 15) is 0 Å². The number of fused-ring (bicyclic) bond motifs is 1. The first-order valence-electron chi connectivity index (χ1n) is 6.70. The van der Waals surface area contributed by atoms with E-state index < -0.39 is 0 Å². The molecule has 1 aromatic carbocycles. The molecule has 1 saturated heterocycles. The lowest BCUT2D eigenvalue weighted by Gasteiger charge is -2.29. The second-order valence-corrected chi connectivity index (χ2v) is 6.75. The van der Waals surface area contributed by atoms with Crippen LogP contribution in [0.5, 0.6) is 0 Å². The number of benzene rings is 1. The first kappa shape index (κ1) is 13.3. The first-order valence-corrected chi connectivity index (χ1v) is 7.90. The summed E-state index contributed by atoms with van der Waals surface area (Å²) >= 11 is 9.01. The van der Waals surface area contributed by atoms with Crippen molar-refractivity contribution in [2.75, 3.05) is 20.1 Å². The van der Waals surface area contributed by atoms with Gasteiger partial charge in [-0.1, -0.05) is 15.9 Å². The van der Waals surface area contributed by atoms with E-state index in [1.807, 2.05) is 6.07 Å². The molecule has 3 rings (SSSR count). The third-order valence-corrected chi connectivity index (χ3v) is 4.83. The molecule has 5 heteroatoms. The molecule has 0 unspecified atom stereocenters. The average molecular weight is 340 g/mol. The van der Waals surface area contributed by atoms with Crippen LogP contribution in [-0.2, 0) is 6.54 Å². The Bertz CT molecular complexity index is 638. The first-order chi connectivity index (χ1) is 9.13. The molecule has 1 fully saturated rings. The van der Waals surface area contributed by atoms with Crippen LogP contribution in [0.2, 0.25) is 0 Å². The van der Waals surface area contributed by atoms with Gasteiger partial charge in [0, 0.05) is 11.0 Å². The molecule has 0 atom stereocenters. The predicted octanol–water partition coefficient (Wildman–Crippen LogP) is 3.80. The molecule has 0 aliphatic carbocycles. The molecule has 2 aromatic rings. The van der Waals surface area contributed by atoms with E-state index in [4.69, 9.17) is 12.2 Å². The largest absolute Gasteiger partial charge is 0.331 e. The molecule has 1 aliphatic rings. The molecule has 0 bridgehead atoms. The molecule has 3 nitrogen and oxygen atoms in total. The Morgan fingerprint density at radius 2 is 2.11 bits per heavy atom. The van der Waals surface area contributed by atoms with E-state index in [1.165, 1.54) is 31.4 Å². The van der Waals surface area contributed by atoms with Crippen LogP contribution < -0.4 is 0 Å². The SMILES string of the molecule is CN1CCC(Cn2c(=S)[nH]c3ccc(Br)cc32)CC1. The Labute approximate surface area is 126 Å². The molecule has 0 spiro atoms. The van der Waals surface area contributed by atoms with Crippen LogP contribution in [0, 0.1) is 10.7 Å². The summed E-state index contributed by atoms with van der Waals surface area (Å²) in [5.74, 6) is 0.737. The summed E-state index contributed by atoms with van der Waals surface area (Å²) in [6.07, 6.45) is 2.53. The highest BCUT2D eigenvalue weighted by atomic mass is 79.9. The minimum Gasteiger partial charge on any atom is -0.331 e. The smallest absolute Gasteiger partial charge is 0.178 e. The Balaban J connectivity index is 1.90. The van der Waals surface area contributed by atoms with Gasteiger partial charge in [0.25, 0.3) is 0 Å². The highest BCUT2D eigenvalue weighted by molar-refractivity contribution is 9.10. The number of H-pyrrole nitrogens is 1. The molecule has 1 aromatic heterocycles. The highest BCUT2D eigenvalue weighted by Crippen LogP contribution is 2.24. The lowest BCUT2D eigenvalue weighted by atomic mass is 9.97.